The summed E-state index contributed by atoms with van der Waals surface area (Å²) in [4.78, 5) is 12.0. The summed E-state index contributed by atoms with van der Waals surface area (Å²) in [6.07, 6.45) is 1.61. The zero-order valence-electron chi connectivity index (χ0n) is 14.9. The van der Waals surface area contributed by atoms with Gasteiger partial charge in [0.1, 0.15) is 0 Å². The molecule has 0 aliphatic rings. The SMILES string of the molecule is CCc1ccc(Cc2nnc(SCC(=O)Nc3cccc(C)c3)o2)cc1. The Kier molecular flexibility index (Phi) is 6.07. The Morgan fingerprint density at radius 3 is 2.62 bits per heavy atom. The molecule has 5 nitrogen and oxygen atoms in total. The van der Waals surface area contributed by atoms with E-state index in [0.29, 0.717) is 17.5 Å². The van der Waals surface area contributed by atoms with Crippen LogP contribution < -0.4 is 5.32 Å². The zero-order chi connectivity index (χ0) is 18.4. The normalized spacial score (nSPS) is 10.7. The van der Waals surface area contributed by atoms with Crippen molar-refractivity contribution in [3.8, 4) is 0 Å². The van der Waals surface area contributed by atoms with Crippen LogP contribution in [0.1, 0.15) is 29.5 Å². The maximum Gasteiger partial charge on any atom is 0.277 e. The van der Waals surface area contributed by atoms with Crippen molar-refractivity contribution in [2.45, 2.75) is 31.9 Å². The van der Waals surface area contributed by atoms with Gasteiger partial charge in [0.05, 0.1) is 12.2 Å². The first kappa shape index (κ1) is 18.2. The fraction of sp³-hybridized carbons (Fsp3) is 0.250. The number of hydrogen-bond donors (Lipinski definition) is 1. The largest absolute Gasteiger partial charge is 0.416 e. The second-order valence-electron chi connectivity index (χ2n) is 6.01. The number of hydrogen-bond acceptors (Lipinski definition) is 5. The summed E-state index contributed by atoms with van der Waals surface area (Å²) < 4.78 is 5.62. The van der Waals surface area contributed by atoms with Crippen LogP contribution in [0.5, 0.6) is 0 Å². The maximum absolute atomic E-state index is 12.0. The first-order valence-electron chi connectivity index (χ1n) is 8.52. The minimum Gasteiger partial charge on any atom is -0.416 e. The van der Waals surface area contributed by atoms with Crippen LogP contribution in [0.25, 0.3) is 0 Å². The molecule has 0 saturated carbocycles. The molecule has 1 heterocycles. The summed E-state index contributed by atoms with van der Waals surface area (Å²) in [6, 6.07) is 16.1. The minimum absolute atomic E-state index is 0.101. The quantitative estimate of drug-likeness (QED) is 0.632. The fourth-order valence-corrected chi connectivity index (χ4v) is 3.06. The number of benzene rings is 2. The Balaban J connectivity index is 1.50. The van der Waals surface area contributed by atoms with E-state index in [1.807, 2.05) is 31.2 Å². The number of thioether (sulfide) groups is 1. The molecule has 1 amide bonds. The van der Waals surface area contributed by atoms with Gasteiger partial charge in [0, 0.05) is 5.69 Å². The number of nitrogens with zero attached hydrogens (tertiary/aromatic N) is 2. The summed E-state index contributed by atoms with van der Waals surface area (Å²) in [5.74, 6) is 0.673. The molecule has 26 heavy (non-hydrogen) atoms. The van der Waals surface area contributed by atoms with Crippen LogP contribution in [-0.2, 0) is 17.6 Å². The van der Waals surface area contributed by atoms with Gasteiger partial charge >= 0.3 is 0 Å². The third-order valence-electron chi connectivity index (χ3n) is 3.86. The van der Waals surface area contributed by atoms with Gasteiger partial charge in [-0.2, -0.15) is 0 Å². The van der Waals surface area contributed by atoms with Gasteiger partial charge < -0.3 is 9.73 Å². The molecule has 0 saturated heterocycles. The molecule has 0 bridgehead atoms. The van der Waals surface area contributed by atoms with E-state index in [4.69, 9.17) is 4.42 Å². The summed E-state index contributed by atoms with van der Waals surface area (Å²) in [7, 11) is 0. The van der Waals surface area contributed by atoms with Crippen molar-refractivity contribution < 1.29 is 9.21 Å². The first-order chi connectivity index (χ1) is 12.6. The van der Waals surface area contributed by atoms with Crippen LogP contribution in [-0.4, -0.2) is 21.9 Å². The molecular formula is C20H21N3O2S. The van der Waals surface area contributed by atoms with Gasteiger partial charge in [-0.05, 0) is 42.2 Å². The molecule has 0 atom stereocenters. The second-order valence-corrected chi connectivity index (χ2v) is 6.94. The van der Waals surface area contributed by atoms with Gasteiger partial charge in [-0.1, -0.05) is 55.1 Å². The van der Waals surface area contributed by atoms with Crippen molar-refractivity contribution >= 4 is 23.4 Å². The highest BCUT2D eigenvalue weighted by Crippen LogP contribution is 2.19. The molecule has 0 radical (unpaired) electrons. The monoisotopic (exact) mass is 367 g/mol. The van der Waals surface area contributed by atoms with Crippen molar-refractivity contribution in [2.24, 2.45) is 0 Å². The number of aryl methyl sites for hydroxylation is 2. The van der Waals surface area contributed by atoms with E-state index in [2.05, 4.69) is 46.7 Å². The summed E-state index contributed by atoms with van der Waals surface area (Å²) in [5, 5.41) is 11.3. The van der Waals surface area contributed by atoms with Crippen molar-refractivity contribution in [3.63, 3.8) is 0 Å². The molecule has 3 rings (SSSR count). The highest BCUT2D eigenvalue weighted by Gasteiger charge is 2.10. The lowest BCUT2D eigenvalue weighted by Crippen LogP contribution is -2.13. The Labute approximate surface area is 157 Å². The van der Waals surface area contributed by atoms with Crippen LogP contribution in [0, 0.1) is 6.92 Å². The predicted molar refractivity (Wildman–Crippen MR) is 103 cm³/mol. The van der Waals surface area contributed by atoms with Gasteiger partial charge in [-0.25, -0.2) is 0 Å². The topological polar surface area (TPSA) is 68.0 Å². The van der Waals surface area contributed by atoms with Gasteiger partial charge in [-0.15, -0.1) is 10.2 Å². The molecule has 0 aliphatic heterocycles. The first-order valence-corrected chi connectivity index (χ1v) is 9.50. The van der Waals surface area contributed by atoms with E-state index in [1.165, 1.54) is 17.3 Å². The lowest BCUT2D eigenvalue weighted by Gasteiger charge is -2.04. The summed E-state index contributed by atoms with van der Waals surface area (Å²) in [5.41, 5.74) is 4.32. The number of amides is 1. The van der Waals surface area contributed by atoms with E-state index in [9.17, 15) is 4.79 Å². The molecule has 0 unspecified atom stereocenters. The maximum atomic E-state index is 12.0. The molecule has 6 heteroatoms. The number of carbonyl (C=O) groups excluding carboxylic acids is 1. The Morgan fingerprint density at radius 1 is 1.12 bits per heavy atom. The molecule has 0 aliphatic carbocycles. The molecule has 1 N–H and O–H groups in total. The van der Waals surface area contributed by atoms with Gasteiger partial charge in [-0.3, -0.25) is 4.79 Å². The van der Waals surface area contributed by atoms with Crippen LogP contribution in [0.15, 0.2) is 58.2 Å². The molecule has 2 aromatic carbocycles. The average molecular weight is 367 g/mol. The van der Waals surface area contributed by atoms with Crippen molar-refractivity contribution in [1.82, 2.24) is 10.2 Å². The molecule has 0 spiro atoms. The van der Waals surface area contributed by atoms with Crippen LogP contribution in [0.4, 0.5) is 5.69 Å². The van der Waals surface area contributed by atoms with Crippen molar-refractivity contribution in [1.29, 1.82) is 0 Å². The van der Waals surface area contributed by atoms with Crippen molar-refractivity contribution in [3.05, 3.63) is 71.1 Å². The number of aromatic nitrogens is 2. The zero-order valence-corrected chi connectivity index (χ0v) is 15.7. The van der Waals surface area contributed by atoms with E-state index in [1.54, 1.807) is 0 Å². The average Bonchev–Trinajstić information content (AvgIpc) is 3.08. The highest BCUT2D eigenvalue weighted by atomic mass is 32.2. The van der Waals surface area contributed by atoms with Crippen LogP contribution in [0.2, 0.25) is 0 Å². The molecule has 0 fully saturated rings. The third-order valence-corrected chi connectivity index (χ3v) is 4.68. The number of rotatable bonds is 7. The molecule has 3 aromatic rings. The number of nitrogens with one attached hydrogen (secondary N) is 1. The Morgan fingerprint density at radius 2 is 1.88 bits per heavy atom. The highest BCUT2D eigenvalue weighted by molar-refractivity contribution is 7.99. The lowest BCUT2D eigenvalue weighted by molar-refractivity contribution is -0.113. The van der Waals surface area contributed by atoms with Crippen LogP contribution in [0.3, 0.4) is 0 Å². The molecule has 134 valence electrons. The van der Waals surface area contributed by atoms with E-state index >= 15 is 0 Å². The standard InChI is InChI=1S/C20H21N3O2S/c1-3-15-7-9-16(10-8-15)12-19-22-23-20(25-19)26-13-18(24)21-17-6-4-5-14(2)11-17/h4-11H,3,12-13H2,1-2H3,(H,21,24). The molecular weight excluding hydrogens is 346 g/mol. The van der Waals surface area contributed by atoms with Crippen molar-refractivity contribution in [2.75, 3.05) is 11.1 Å². The van der Waals surface area contributed by atoms with Gasteiger partial charge in [0.15, 0.2) is 0 Å². The van der Waals surface area contributed by atoms with Crippen LogP contribution >= 0.6 is 11.8 Å². The number of carbonyl (C=O) groups is 1. The molecule has 1 aromatic heterocycles. The minimum atomic E-state index is -0.101. The second kappa shape index (κ2) is 8.67. The smallest absolute Gasteiger partial charge is 0.277 e. The van der Waals surface area contributed by atoms with Gasteiger partial charge in [0.2, 0.25) is 11.8 Å². The van der Waals surface area contributed by atoms with E-state index < -0.39 is 0 Å². The fourth-order valence-electron chi connectivity index (χ4n) is 2.48. The Hall–Kier alpha value is -2.60. The Bertz CT molecular complexity index is 875. The van der Waals surface area contributed by atoms with E-state index in [-0.39, 0.29) is 11.7 Å². The predicted octanol–water partition coefficient (Wildman–Crippen LogP) is 4.26. The summed E-state index contributed by atoms with van der Waals surface area (Å²) >= 11 is 1.24. The summed E-state index contributed by atoms with van der Waals surface area (Å²) in [6.45, 7) is 4.12. The number of anilines is 1. The van der Waals surface area contributed by atoms with E-state index in [0.717, 1.165) is 23.2 Å². The van der Waals surface area contributed by atoms with Gasteiger partial charge in [0.25, 0.3) is 5.22 Å². The third kappa shape index (κ3) is 5.20. The lowest BCUT2D eigenvalue weighted by atomic mass is 10.1.